The Hall–Kier alpha value is -3.32. The van der Waals surface area contributed by atoms with Gasteiger partial charge in [0.05, 0.1) is 0 Å². The van der Waals surface area contributed by atoms with Crippen molar-refractivity contribution in [3.8, 4) is 5.75 Å². The monoisotopic (exact) mass is 420 g/mol. The quantitative estimate of drug-likeness (QED) is 0.328. The van der Waals surface area contributed by atoms with Gasteiger partial charge in [-0.25, -0.2) is 0 Å². The fraction of sp³-hybridized carbons (Fsp3) is 0.226. The predicted molar refractivity (Wildman–Crippen MR) is 135 cm³/mol. The molecule has 0 radical (unpaired) electrons. The van der Waals surface area contributed by atoms with Gasteiger partial charge >= 0.3 is 0 Å². The lowest BCUT2D eigenvalue weighted by Gasteiger charge is -2.33. The summed E-state index contributed by atoms with van der Waals surface area (Å²) in [7, 11) is 0. The van der Waals surface area contributed by atoms with Gasteiger partial charge in [0, 0.05) is 10.8 Å². The van der Waals surface area contributed by atoms with Gasteiger partial charge in [-0.2, -0.15) is 0 Å². The zero-order valence-electron chi connectivity index (χ0n) is 19.7. The van der Waals surface area contributed by atoms with E-state index in [2.05, 4.69) is 107 Å². The number of rotatable bonds is 5. The first kappa shape index (κ1) is 21.9. The minimum Gasteiger partial charge on any atom is -0.508 e. The second kappa shape index (κ2) is 8.31. The van der Waals surface area contributed by atoms with E-state index in [1.165, 1.54) is 33.4 Å². The van der Waals surface area contributed by atoms with Crippen molar-refractivity contribution in [2.75, 3.05) is 0 Å². The lowest BCUT2D eigenvalue weighted by molar-refractivity contribution is 0.474. The van der Waals surface area contributed by atoms with Crippen molar-refractivity contribution in [1.82, 2.24) is 0 Å². The first-order valence-electron chi connectivity index (χ1n) is 11.3. The van der Waals surface area contributed by atoms with Crippen molar-refractivity contribution in [1.29, 1.82) is 0 Å². The number of hydrogen-bond donors (Lipinski definition) is 1. The summed E-state index contributed by atoms with van der Waals surface area (Å²) in [4.78, 5) is 0. The number of hydrogen-bond acceptors (Lipinski definition) is 1. The van der Waals surface area contributed by atoms with Crippen LogP contribution in [0.15, 0.2) is 97.1 Å². The lowest BCUT2D eigenvalue weighted by Crippen LogP contribution is -2.26. The Morgan fingerprint density at radius 1 is 0.438 bits per heavy atom. The Morgan fingerprint density at radius 2 is 0.719 bits per heavy atom. The normalized spacial score (nSPS) is 13.5. The molecule has 1 heteroatoms. The Balaban J connectivity index is 1.79. The minimum atomic E-state index is -0.325. The maximum absolute atomic E-state index is 9.85. The van der Waals surface area contributed by atoms with E-state index in [1.807, 2.05) is 12.1 Å². The SMILES string of the molecule is Cc1ccc(C(C)(C)c2ccc(C(C)(c3ccc(C)cc3)c3ccc(O)cc3)cc2)cc1. The zero-order valence-corrected chi connectivity index (χ0v) is 19.7. The van der Waals surface area contributed by atoms with E-state index in [9.17, 15) is 5.11 Å². The van der Waals surface area contributed by atoms with Gasteiger partial charge in [0.15, 0.2) is 0 Å². The van der Waals surface area contributed by atoms with Crippen molar-refractivity contribution >= 4 is 0 Å². The summed E-state index contributed by atoms with van der Waals surface area (Å²) in [5.41, 5.74) is 8.36. The molecule has 1 nitrogen and oxygen atoms in total. The maximum atomic E-state index is 9.85. The molecule has 4 aromatic rings. The Labute approximate surface area is 192 Å². The summed E-state index contributed by atoms with van der Waals surface area (Å²) < 4.78 is 0. The second-order valence-electron chi connectivity index (χ2n) is 9.61. The first-order chi connectivity index (χ1) is 15.2. The fourth-order valence-corrected chi connectivity index (χ4v) is 4.54. The van der Waals surface area contributed by atoms with Crippen LogP contribution < -0.4 is 0 Å². The number of aromatic hydroxyl groups is 1. The lowest BCUT2D eigenvalue weighted by atomic mass is 9.70. The third-order valence-electron chi connectivity index (χ3n) is 7.03. The molecule has 1 N–H and O–H groups in total. The molecule has 0 spiro atoms. The van der Waals surface area contributed by atoms with Crippen molar-refractivity contribution in [3.63, 3.8) is 0 Å². The van der Waals surface area contributed by atoms with Crippen LogP contribution in [0.4, 0.5) is 0 Å². The number of phenols is 1. The van der Waals surface area contributed by atoms with Crippen LogP contribution in [0.2, 0.25) is 0 Å². The highest BCUT2D eigenvalue weighted by Gasteiger charge is 2.32. The third kappa shape index (κ3) is 3.96. The molecular weight excluding hydrogens is 388 g/mol. The van der Waals surface area contributed by atoms with Crippen molar-refractivity contribution in [2.45, 2.75) is 45.4 Å². The molecule has 4 rings (SSSR count). The number of benzene rings is 4. The molecule has 0 amide bonds. The molecule has 0 bridgehead atoms. The highest BCUT2D eigenvalue weighted by atomic mass is 16.3. The van der Waals surface area contributed by atoms with Gasteiger partial charge in [-0.05, 0) is 60.7 Å². The molecule has 4 aromatic carbocycles. The summed E-state index contributed by atoms with van der Waals surface area (Å²) in [5, 5.41) is 9.85. The van der Waals surface area contributed by atoms with Crippen molar-refractivity contribution in [3.05, 3.63) is 136 Å². The number of aryl methyl sites for hydroxylation is 2. The average molecular weight is 421 g/mol. The highest BCUT2D eigenvalue weighted by Crippen LogP contribution is 2.41. The molecule has 162 valence electrons. The zero-order chi connectivity index (χ0) is 22.9. The van der Waals surface area contributed by atoms with Gasteiger partial charge < -0.3 is 5.11 Å². The van der Waals surface area contributed by atoms with Crippen LogP contribution in [-0.2, 0) is 10.8 Å². The van der Waals surface area contributed by atoms with E-state index in [0.29, 0.717) is 0 Å². The summed E-state index contributed by atoms with van der Waals surface area (Å²) in [6.07, 6.45) is 0. The minimum absolute atomic E-state index is 0.0783. The summed E-state index contributed by atoms with van der Waals surface area (Å²) in [6, 6.07) is 34.3. The number of phenolic OH excluding ortho intramolecular Hbond substituents is 1. The Morgan fingerprint density at radius 3 is 1.12 bits per heavy atom. The van der Waals surface area contributed by atoms with Crippen LogP contribution in [0.1, 0.15) is 59.7 Å². The summed E-state index contributed by atoms with van der Waals surface area (Å²) in [5.74, 6) is 0.287. The fourth-order valence-electron chi connectivity index (χ4n) is 4.54. The molecular formula is C31H32O. The Bertz CT molecular complexity index is 1130. The van der Waals surface area contributed by atoms with Gasteiger partial charge in [-0.3, -0.25) is 0 Å². The van der Waals surface area contributed by atoms with E-state index in [4.69, 9.17) is 0 Å². The van der Waals surface area contributed by atoms with Gasteiger partial charge in [0.25, 0.3) is 0 Å². The average Bonchev–Trinajstić information content (AvgIpc) is 2.80. The largest absolute Gasteiger partial charge is 0.508 e. The topological polar surface area (TPSA) is 20.2 Å². The Kier molecular flexibility index (Phi) is 5.69. The molecule has 1 unspecified atom stereocenters. The van der Waals surface area contributed by atoms with Gasteiger partial charge in [-0.1, -0.05) is 110 Å². The van der Waals surface area contributed by atoms with Gasteiger partial charge in [0.1, 0.15) is 5.75 Å². The second-order valence-corrected chi connectivity index (χ2v) is 9.61. The van der Waals surface area contributed by atoms with Crippen LogP contribution in [0.25, 0.3) is 0 Å². The third-order valence-corrected chi connectivity index (χ3v) is 7.03. The van der Waals surface area contributed by atoms with Crippen LogP contribution in [0.5, 0.6) is 5.75 Å². The molecule has 0 fully saturated rings. The van der Waals surface area contributed by atoms with Crippen molar-refractivity contribution < 1.29 is 5.11 Å². The van der Waals surface area contributed by atoms with Crippen LogP contribution in [-0.4, -0.2) is 5.11 Å². The molecule has 0 aromatic heterocycles. The molecule has 0 saturated carbocycles. The van der Waals surface area contributed by atoms with E-state index in [1.54, 1.807) is 12.1 Å². The molecule has 0 aliphatic carbocycles. The van der Waals surface area contributed by atoms with Gasteiger partial charge in [0.2, 0.25) is 0 Å². The van der Waals surface area contributed by atoms with Crippen molar-refractivity contribution in [2.24, 2.45) is 0 Å². The first-order valence-corrected chi connectivity index (χ1v) is 11.3. The maximum Gasteiger partial charge on any atom is 0.115 e. The molecule has 0 aliphatic rings. The highest BCUT2D eigenvalue weighted by molar-refractivity contribution is 5.52. The predicted octanol–water partition coefficient (Wildman–Crippen LogP) is 7.69. The van der Waals surface area contributed by atoms with E-state index >= 15 is 0 Å². The summed E-state index contributed by atoms with van der Waals surface area (Å²) >= 11 is 0. The van der Waals surface area contributed by atoms with Crippen LogP contribution >= 0.6 is 0 Å². The standard InChI is InChI=1S/C31H32O/c1-22-6-10-24(11-7-22)30(3,4)25-14-16-27(17-15-25)31(5,26-12-8-23(2)9-13-26)28-18-20-29(32)21-19-28/h6-21,32H,1-5H3. The molecule has 0 aliphatic heterocycles. The molecule has 1 atom stereocenters. The molecule has 32 heavy (non-hydrogen) atoms. The van der Waals surface area contributed by atoms with E-state index < -0.39 is 0 Å². The summed E-state index contributed by atoms with van der Waals surface area (Å²) in [6.45, 7) is 11.1. The van der Waals surface area contributed by atoms with E-state index in [-0.39, 0.29) is 16.6 Å². The van der Waals surface area contributed by atoms with Crippen LogP contribution in [0.3, 0.4) is 0 Å². The molecule has 0 saturated heterocycles. The molecule has 0 heterocycles. The van der Waals surface area contributed by atoms with Gasteiger partial charge in [-0.15, -0.1) is 0 Å². The van der Waals surface area contributed by atoms with E-state index in [0.717, 1.165) is 5.56 Å². The smallest absolute Gasteiger partial charge is 0.115 e. The van der Waals surface area contributed by atoms with Crippen LogP contribution in [0, 0.1) is 13.8 Å².